The summed E-state index contributed by atoms with van der Waals surface area (Å²) in [5, 5.41) is 8.96. The van der Waals surface area contributed by atoms with Gasteiger partial charge in [-0.3, -0.25) is 4.79 Å². The third kappa shape index (κ3) is 3.41. The number of ether oxygens (including phenoxy) is 2. The van der Waals surface area contributed by atoms with Gasteiger partial charge in [0.25, 0.3) is 0 Å². The van der Waals surface area contributed by atoms with Crippen LogP contribution in [0.15, 0.2) is 36.4 Å². The van der Waals surface area contributed by atoms with Gasteiger partial charge in [-0.2, -0.15) is 5.26 Å². The first-order chi connectivity index (χ1) is 11.7. The topological polar surface area (TPSA) is 59.3 Å². The molecule has 0 aliphatic heterocycles. The predicted molar refractivity (Wildman–Crippen MR) is 90.6 cm³/mol. The van der Waals surface area contributed by atoms with Crippen molar-refractivity contribution in [2.45, 2.75) is 26.2 Å². The quantitative estimate of drug-likeness (QED) is 0.761. The Morgan fingerprint density at radius 2 is 1.92 bits per heavy atom. The van der Waals surface area contributed by atoms with Crippen LogP contribution in [0, 0.1) is 11.3 Å². The summed E-state index contributed by atoms with van der Waals surface area (Å²) in [5.41, 5.74) is 3.80. The van der Waals surface area contributed by atoms with Crippen LogP contribution < -0.4 is 9.47 Å². The number of hydrogen-bond acceptors (Lipinski definition) is 4. The normalized spacial score (nSPS) is 12.3. The molecule has 2 aromatic rings. The number of carbonyl (C=O) groups excluding carboxylic acids is 1. The number of carbonyl (C=O) groups is 1. The van der Waals surface area contributed by atoms with E-state index in [1.807, 2.05) is 25.1 Å². The average molecular weight is 321 g/mol. The highest BCUT2D eigenvalue weighted by Crippen LogP contribution is 2.29. The molecule has 0 aromatic heterocycles. The smallest absolute Gasteiger partial charge is 0.200 e. The van der Waals surface area contributed by atoms with Gasteiger partial charge >= 0.3 is 0 Å². The first-order valence-electron chi connectivity index (χ1n) is 8.16. The summed E-state index contributed by atoms with van der Waals surface area (Å²) in [5.74, 6) is 0.903. The van der Waals surface area contributed by atoms with E-state index >= 15 is 0 Å². The summed E-state index contributed by atoms with van der Waals surface area (Å²) >= 11 is 0. The number of fused-ring (bicyclic) bond motifs is 1. The maximum absolute atomic E-state index is 12.4. The van der Waals surface area contributed by atoms with Crippen LogP contribution in [0.3, 0.4) is 0 Å². The minimum Gasteiger partial charge on any atom is -0.490 e. The molecule has 1 aliphatic rings. The highest BCUT2D eigenvalue weighted by atomic mass is 16.5. The third-order valence-electron chi connectivity index (χ3n) is 4.15. The lowest BCUT2D eigenvalue weighted by molar-refractivity contribution is 0.0919. The van der Waals surface area contributed by atoms with Crippen LogP contribution in [0.4, 0.5) is 0 Å². The summed E-state index contributed by atoms with van der Waals surface area (Å²) in [6.45, 7) is 2.27. The number of Topliss-reactive ketones (excluding diaryl/α,β-unsaturated/α-hetero) is 1. The molecular weight excluding hydrogens is 302 g/mol. The van der Waals surface area contributed by atoms with Crippen LogP contribution in [-0.4, -0.2) is 19.0 Å². The molecule has 1 aliphatic carbocycles. The van der Waals surface area contributed by atoms with Crippen molar-refractivity contribution in [3.63, 3.8) is 0 Å². The molecule has 0 radical (unpaired) electrons. The Hall–Kier alpha value is -2.80. The molecule has 24 heavy (non-hydrogen) atoms. The van der Waals surface area contributed by atoms with E-state index < -0.39 is 0 Å². The summed E-state index contributed by atoms with van der Waals surface area (Å²) in [6, 6.07) is 12.9. The molecule has 4 heteroatoms. The fourth-order valence-electron chi connectivity index (χ4n) is 2.94. The molecule has 4 nitrogen and oxygen atoms in total. The Balaban J connectivity index is 1.71. The summed E-state index contributed by atoms with van der Waals surface area (Å²) in [7, 11) is 0. The van der Waals surface area contributed by atoms with Crippen LogP contribution in [0.25, 0.3) is 0 Å². The number of benzene rings is 2. The second kappa shape index (κ2) is 7.18. The number of aryl methyl sites for hydroxylation is 2. The van der Waals surface area contributed by atoms with E-state index in [1.54, 1.807) is 18.2 Å². The monoisotopic (exact) mass is 321 g/mol. The minimum atomic E-state index is -0.0588. The zero-order chi connectivity index (χ0) is 16.9. The van der Waals surface area contributed by atoms with E-state index in [0.29, 0.717) is 29.2 Å². The second-order valence-electron chi connectivity index (χ2n) is 5.76. The molecule has 0 fully saturated rings. The van der Waals surface area contributed by atoms with Crippen molar-refractivity contribution in [3.8, 4) is 17.6 Å². The number of nitrogens with zero attached hydrogens (tertiary/aromatic N) is 1. The van der Waals surface area contributed by atoms with E-state index in [9.17, 15) is 4.79 Å². The minimum absolute atomic E-state index is 0.0508. The van der Waals surface area contributed by atoms with Crippen molar-refractivity contribution < 1.29 is 14.3 Å². The van der Waals surface area contributed by atoms with E-state index in [1.165, 1.54) is 11.1 Å². The van der Waals surface area contributed by atoms with E-state index in [4.69, 9.17) is 14.7 Å². The van der Waals surface area contributed by atoms with Gasteiger partial charge in [0.2, 0.25) is 0 Å². The van der Waals surface area contributed by atoms with Gasteiger partial charge in [-0.25, -0.2) is 0 Å². The molecule has 0 atom stereocenters. The molecule has 0 saturated heterocycles. The highest BCUT2D eigenvalue weighted by Gasteiger charge is 2.15. The van der Waals surface area contributed by atoms with Crippen LogP contribution in [-0.2, 0) is 12.8 Å². The predicted octanol–water partition coefficient (Wildman–Crippen LogP) is 3.71. The van der Waals surface area contributed by atoms with E-state index in [0.717, 1.165) is 19.3 Å². The SMILES string of the molecule is CCOc1cc(C#N)ccc1OCC(=O)c1ccc2c(c1)CCC2. The molecule has 0 amide bonds. The van der Waals surface area contributed by atoms with Gasteiger partial charge in [-0.15, -0.1) is 0 Å². The molecule has 3 rings (SSSR count). The Morgan fingerprint density at radius 1 is 1.08 bits per heavy atom. The van der Waals surface area contributed by atoms with Crippen molar-refractivity contribution in [2.75, 3.05) is 13.2 Å². The highest BCUT2D eigenvalue weighted by molar-refractivity contribution is 5.97. The number of nitriles is 1. The Bertz CT molecular complexity index is 805. The molecule has 122 valence electrons. The maximum atomic E-state index is 12.4. The Kier molecular flexibility index (Phi) is 4.81. The van der Waals surface area contributed by atoms with Gasteiger partial charge < -0.3 is 9.47 Å². The molecule has 0 spiro atoms. The lowest BCUT2D eigenvalue weighted by Crippen LogP contribution is -2.12. The molecule has 0 bridgehead atoms. The molecule has 0 heterocycles. The maximum Gasteiger partial charge on any atom is 0.200 e. The molecule has 0 unspecified atom stereocenters. The average Bonchev–Trinajstić information content (AvgIpc) is 3.08. The third-order valence-corrected chi connectivity index (χ3v) is 4.15. The summed E-state index contributed by atoms with van der Waals surface area (Å²) in [6.07, 6.45) is 3.30. The fraction of sp³-hybridized carbons (Fsp3) is 0.300. The van der Waals surface area contributed by atoms with Crippen molar-refractivity contribution >= 4 is 5.78 Å². The molecule has 0 N–H and O–H groups in total. The molecule has 0 saturated carbocycles. The van der Waals surface area contributed by atoms with Gasteiger partial charge in [-0.05, 0) is 55.5 Å². The van der Waals surface area contributed by atoms with Gasteiger partial charge in [0.15, 0.2) is 23.9 Å². The summed E-state index contributed by atoms with van der Waals surface area (Å²) in [4.78, 5) is 12.4. The van der Waals surface area contributed by atoms with Crippen molar-refractivity contribution in [2.24, 2.45) is 0 Å². The van der Waals surface area contributed by atoms with E-state index in [-0.39, 0.29) is 12.4 Å². The first kappa shape index (κ1) is 16.1. The van der Waals surface area contributed by atoms with Gasteiger partial charge in [-0.1, -0.05) is 12.1 Å². The second-order valence-corrected chi connectivity index (χ2v) is 5.76. The van der Waals surface area contributed by atoms with Gasteiger partial charge in [0, 0.05) is 11.6 Å². The van der Waals surface area contributed by atoms with Gasteiger partial charge in [0.05, 0.1) is 18.2 Å². The van der Waals surface area contributed by atoms with Crippen molar-refractivity contribution in [3.05, 3.63) is 58.7 Å². The molecular formula is C20H19NO3. The zero-order valence-electron chi connectivity index (χ0n) is 13.7. The van der Waals surface area contributed by atoms with Gasteiger partial charge in [0.1, 0.15) is 0 Å². The summed E-state index contributed by atoms with van der Waals surface area (Å²) < 4.78 is 11.1. The number of ketones is 1. The fourth-order valence-corrected chi connectivity index (χ4v) is 2.94. The lowest BCUT2D eigenvalue weighted by atomic mass is 10.0. The van der Waals surface area contributed by atoms with Crippen LogP contribution in [0.2, 0.25) is 0 Å². The number of hydrogen-bond donors (Lipinski definition) is 0. The van der Waals surface area contributed by atoms with E-state index in [2.05, 4.69) is 6.07 Å². The lowest BCUT2D eigenvalue weighted by Gasteiger charge is -2.12. The molecule has 2 aromatic carbocycles. The van der Waals surface area contributed by atoms with Crippen LogP contribution >= 0.6 is 0 Å². The van der Waals surface area contributed by atoms with Crippen molar-refractivity contribution in [1.82, 2.24) is 0 Å². The van der Waals surface area contributed by atoms with Crippen molar-refractivity contribution in [1.29, 1.82) is 5.26 Å². The zero-order valence-corrected chi connectivity index (χ0v) is 13.7. The first-order valence-corrected chi connectivity index (χ1v) is 8.16. The Morgan fingerprint density at radius 3 is 2.71 bits per heavy atom. The Labute approximate surface area is 141 Å². The van der Waals surface area contributed by atoms with Crippen LogP contribution in [0.5, 0.6) is 11.5 Å². The number of rotatable bonds is 6. The standard InChI is InChI=1S/C20H19NO3/c1-2-23-20-10-14(12-21)6-9-19(20)24-13-18(22)17-8-7-15-4-3-5-16(15)11-17/h6-11H,2-5,13H2,1H3. The largest absolute Gasteiger partial charge is 0.490 e. The van der Waals surface area contributed by atoms with Crippen LogP contribution in [0.1, 0.15) is 40.4 Å².